The van der Waals surface area contributed by atoms with Crippen molar-refractivity contribution >= 4 is 17.2 Å². The van der Waals surface area contributed by atoms with Crippen LogP contribution in [0.1, 0.15) is 26.7 Å². The Morgan fingerprint density at radius 2 is 1.96 bits per heavy atom. The molecule has 3 heterocycles. The standard InChI is InChI=1S/C17H11F4N3O2S/c18-11-3-1-9(2-4-11)15(25)24-6-5-10-7-12(27-13(10)8-24)14-22-16(26-23-14)17(19,20)21/h1-4,7H,5-6,8H2. The van der Waals surface area contributed by atoms with Crippen molar-refractivity contribution in [3.8, 4) is 10.7 Å². The molecule has 1 aliphatic heterocycles. The van der Waals surface area contributed by atoms with Crippen molar-refractivity contribution in [1.29, 1.82) is 0 Å². The van der Waals surface area contributed by atoms with E-state index in [1.165, 1.54) is 35.6 Å². The molecule has 2 aromatic heterocycles. The van der Waals surface area contributed by atoms with E-state index in [1.54, 1.807) is 11.0 Å². The summed E-state index contributed by atoms with van der Waals surface area (Å²) in [4.78, 5) is 18.9. The molecule has 1 amide bonds. The van der Waals surface area contributed by atoms with E-state index in [4.69, 9.17) is 0 Å². The van der Waals surface area contributed by atoms with Crippen LogP contribution in [0, 0.1) is 5.82 Å². The van der Waals surface area contributed by atoms with Crippen molar-refractivity contribution in [2.24, 2.45) is 0 Å². The van der Waals surface area contributed by atoms with E-state index in [0.29, 0.717) is 30.0 Å². The van der Waals surface area contributed by atoms with Crippen molar-refractivity contribution in [3.05, 3.63) is 58.0 Å². The maximum absolute atomic E-state index is 13.0. The second-order valence-electron chi connectivity index (χ2n) is 5.96. The van der Waals surface area contributed by atoms with Gasteiger partial charge < -0.3 is 9.42 Å². The number of rotatable bonds is 2. The molecule has 0 aliphatic carbocycles. The number of fused-ring (bicyclic) bond motifs is 1. The Kier molecular flexibility index (Phi) is 4.22. The van der Waals surface area contributed by atoms with Gasteiger partial charge in [0.2, 0.25) is 5.82 Å². The Bertz CT molecular complexity index is 995. The number of alkyl halides is 3. The highest BCUT2D eigenvalue weighted by atomic mass is 32.1. The Morgan fingerprint density at radius 1 is 1.22 bits per heavy atom. The van der Waals surface area contributed by atoms with Gasteiger partial charge in [0.1, 0.15) is 5.82 Å². The SMILES string of the molecule is O=C(c1ccc(F)cc1)N1CCc2cc(-c3noc(C(F)(F)F)n3)sc2C1. The number of hydrogen-bond acceptors (Lipinski definition) is 5. The molecule has 0 radical (unpaired) electrons. The van der Waals surface area contributed by atoms with Gasteiger partial charge in [-0.1, -0.05) is 5.16 Å². The monoisotopic (exact) mass is 397 g/mol. The molecular formula is C17H11F4N3O2S. The maximum Gasteiger partial charge on any atom is 0.471 e. The predicted molar refractivity (Wildman–Crippen MR) is 87.5 cm³/mol. The van der Waals surface area contributed by atoms with Crippen molar-refractivity contribution in [1.82, 2.24) is 15.0 Å². The molecule has 0 saturated heterocycles. The van der Waals surface area contributed by atoms with Gasteiger partial charge in [0.05, 0.1) is 11.4 Å². The second-order valence-corrected chi connectivity index (χ2v) is 7.10. The zero-order chi connectivity index (χ0) is 19.2. The summed E-state index contributed by atoms with van der Waals surface area (Å²) in [6.07, 6.45) is -4.14. The summed E-state index contributed by atoms with van der Waals surface area (Å²) in [5.41, 5.74) is 1.32. The number of amides is 1. The number of carbonyl (C=O) groups is 1. The van der Waals surface area contributed by atoms with E-state index in [1.807, 2.05) is 0 Å². The van der Waals surface area contributed by atoms with Crippen LogP contribution in [0.25, 0.3) is 10.7 Å². The number of halogens is 4. The smallest absolute Gasteiger partial charge is 0.333 e. The molecule has 5 nitrogen and oxygen atoms in total. The summed E-state index contributed by atoms with van der Waals surface area (Å²) < 4.78 is 55.1. The van der Waals surface area contributed by atoms with E-state index < -0.39 is 17.9 Å². The van der Waals surface area contributed by atoms with E-state index >= 15 is 0 Å². The van der Waals surface area contributed by atoms with Crippen molar-refractivity contribution in [2.75, 3.05) is 6.54 Å². The highest BCUT2D eigenvalue weighted by molar-refractivity contribution is 7.15. The fraction of sp³-hybridized carbons (Fsp3) is 0.235. The van der Waals surface area contributed by atoms with E-state index in [9.17, 15) is 22.4 Å². The zero-order valence-electron chi connectivity index (χ0n) is 13.6. The lowest BCUT2D eigenvalue weighted by atomic mass is 10.1. The average molecular weight is 397 g/mol. The molecule has 140 valence electrons. The highest BCUT2D eigenvalue weighted by Gasteiger charge is 2.38. The molecule has 27 heavy (non-hydrogen) atoms. The third-order valence-corrected chi connectivity index (χ3v) is 5.31. The zero-order valence-corrected chi connectivity index (χ0v) is 14.4. The minimum Gasteiger partial charge on any atom is -0.333 e. The molecule has 1 aromatic carbocycles. The molecular weight excluding hydrogens is 386 g/mol. The topological polar surface area (TPSA) is 59.2 Å². The van der Waals surface area contributed by atoms with Crippen LogP contribution in [0.2, 0.25) is 0 Å². The molecule has 0 saturated carbocycles. The van der Waals surface area contributed by atoms with Gasteiger partial charge in [-0.25, -0.2) is 4.39 Å². The number of carbonyl (C=O) groups excluding carboxylic acids is 1. The number of thiophene rings is 1. The van der Waals surface area contributed by atoms with E-state index in [0.717, 1.165) is 10.4 Å². The van der Waals surface area contributed by atoms with Gasteiger partial charge in [-0.15, -0.1) is 11.3 Å². The first-order valence-corrected chi connectivity index (χ1v) is 8.70. The lowest BCUT2D eigenvalue weighted by molar-refractivity contribution is -0.159. The van der Waals surface area contributed by atoms with Crippen LogP contribution in [-0.4, -0.2) is 27.5 Å². The molecule has 0 unspecified atom stereocenters. The highest BCUT2D eigenvalue weighted by Crippen LogP contribution is 2.35. The Morgan fingerprint density at radius 3 is 2.63 bits per heavy atom. The molecule has 0 N–H and O–H groups in total. The summed E-state index contributed by atoms with van der Waals surface area (Å²) in [6.45, 7) is 0.777. The van der Waals surface area contributed by atoms with Gasteiger partial charge in [-0.05, 0) is 42.3 Å². The first kappa shape index (κ1) is 17.7. The van der Waals surface area contributed by atoms with Crippen LogP contribution < -0.4 is 0 Å². The quantitative estimate of drug-likeness (QED) is 0.610. The average Bonchev–Trinajstić information content (AvgIpc) is 3.27. The van der Waals surface area contributed by atoms with Gasteiger partial charge in [0.25, 0.3) is 5.91 Å². The third kappa shape index (κ3) is 3.44. The summed E-state index contributed by atoms with van der Waals surface area (Å²) >= 11 is 1.22. The number of benzene rings is 1. The molecule has 0 spiro atoms. The van der Waals surface area contributed by atoms with Crippen LogP contribution >= 0.6 is 11.3 Å². The Hall–Kier alpha value is -2.75. The van der Waals surface area contributed by atoms with Crippen LogP contribution in [0.5, 0.6) is 0 Å². The minimum absolute atomic E-state index is 0.127. The first-order chi connectivity index (χ1) is 12.8. The maximum atomic E-state index is 13.0. The van der Waals surface area contributed by atoms with Crippen LogP contribution in [0.4, 0.5) is 17.6 Å². The Balaban J connectivity index is 1.55. The van der Waals surface area contributed by atoms with Gasteiger partial charge in [0, 0.05) is 17.0 Å². The molecule has 0 bridgehead atoms. The normalized spacial score (nSPS) is 14.3. The van der Waals surface area contributed by atoms with E-state index in [-0.39, 0.29) is 11.7 Å². The lowest BCUT2D eigenvalue weighted by Gasteiger charge is -2.26. The number of nitrogens with zero attached hydrogens (tertiary/aromatic N) is 3. The van der Waals surface area contributed by atoms with Crippen LogP contribution in [-0.2, 0) is 19.1 Å². The molecule has 3 aromatic rings. The van der Waals surface area contributed by atoms with Crippen molar-refractivity contribution in [3.63, 3.8) is 0 Å². The van der Waals surface area contributed by atoms with Crippen LogP contribution in [0.15, 0.2) is 34.9 Å². The van der Waals surface area contributed by atoms with Gasteiger partial charge in [-0.3, -0.25) is 4.79 Å². The van der Waals surface area contributed by atoms with Gasteiger partial charge >= 0.3 is 12.1 Å². The van der Waals surface area contributed by atoms with Gasteiger partial charge in [-0.2, -0.15) is 18.2 Å². The minimum atomic E-state index is -4.69. The fourth-order valence-corrected chi connectivity index (χ4v) is 3.97. The first-order valence-electron chi connectivity index (χ1n) is 7.89. The lowest BCUT2D eigenvalue weighted by Crippen LogP contribution is -2.35. The summed E-state index contributed by atoms with van der Waals surface area (Å²) in [7, 11) is 0. The molecule has 1 aliphatic rings. The molecule has 4 rings (SSSR count). The summed E-state index contributed by atoms with van der Waals surface area (Å²) in [6, 6.07) is 7.02. The second kappa shape index (κ2) is 6.45. The van der Waals surface area contributed by atoms with Crippen molar-refractivity contribution in [2.45, 2.75) is 19.1 Å². The molecule has 0 fully saturated rings. The summed E-state index contributed by atoms with van der Waals surface area (Å²) in [5, 5.41) is 3.39. The largest absolute Gasteiger partial charge is 0.471 e. The molecule has 10 heteroatoms. The van der Waals surface area contributed by atoms with Crippen LogP contribution in [0.3, 0.4) is 0 Å². The Labute approximate surface area is 154 Å². The number of hydrogen-bond donors (Lipinski definition) is 0. The van der Waals surface area contributed by atoms with E-state index in [2.05, 4.69) is 14.7 Å². The van der Waals surface area contributed by atoms with Gasteiger partial charge in [0.15, 0.2) is 0 Å². The van der Waals surface area contributed by atoms with Crippen molar-refractivity contribution < 1.29 is 26.9 Å². The number of aromatic nitrogens is 2. The third-order valence-electron chi connectivity index (χ3n) is 4.15. The predicted octanol–water partition coefficient (Wildman–Crippen LogP) is 4.15. The molecule has 0 atom stereocenters. The summed E-state index contributed by atoms with van der Waals surface area (Å²) in [5.74, 6) is -2.17. The fourth-order valence-electron chi connectivity index (χ4n) is 2.82.